The van der Waals surface area contributed by atoms with Crippen molar-refractivity contribution in [2.45, 2.75) is 98.1 Å². The number of nitrogens with two attached hydrogens (primary N) is 1. The highest BCUT2D eigenvalue weighted by molar-refractivity contribution is 5.92. The monoisotopic (exact) mass is 483 g/mol. The molecule has 5 amide bonds. The summed E-state index contributed by atoms with van der Waals surface area (Å²) >= 11 is 0. The molecule has 0 aliphatic rings. The third-order valence-electron chi connectivity index (χ3n) is 5.78. The number of carbonyl (C=O) groups is 5. The molecule has 0 aromatic heterocycles. The van der Waals surface area contributed by atoms with Crippen LogP contribution in [0.5, 0.6) is 0 Å². The van der Waals surface area contributed by atoms with Crippen molar-refractivity contribution in [3.05, 3.63) is 0 Å². The highest BCUT2D eigenvalue weighted by Gasteiger charge is 2.27. The van der Waals surface area contributed by atoms with Gasteiger partial charge in [-0.05, 0) is 51.4 Å². The Morgan fingerprint density at radius 3 is 1.94 bits per heavy atom. The number of ketones is 1. The second-order valence-electron chi connectivity index (χ2n) is 9.01. The van der Waals surface area contributed by atoms with Gasteiger partial charge in [0.2, 0.25) is 17.7 Å². The van der Waals surface area contributed by atoms with Gasteiger partial charge in [-0.1, -0.05) is 34.1 Å². The maximum absolute atomic E-state index is 12.8. The second-order valence-corrected chi connectivity index (χ2v) is 9.01. The van der Waals surface area contributed by atoms with E-state index >= 15 is 0 Å². The van der Waals surface area contributed by atoms with Crippen LogP contribution >= 0.6 is 0 Å². The average molecular weight is 484 g/mol. The molecule has 0 aromatic rings. The van der Waals surface area contributed by atoms with Gasteiger partial charge in [0, 0.05) is 25.4 Å². The van der Waals surface area contributed by atoms with Crippen LogP contribution in [0.1, 0.15) is 86.0 Å². The van der Waals surface area contributed by atoms with Crippen molar-refractivity contribution in [1.82, 2.24) is 21.3 Å². The van der Waals surface area contributed by atoms with Gasteiger partial charge in [0.05, 0.1) is 6.04 Å². The number of rotatable bonds is 18. The Bertz CT molecular complexity index is 664. The fourth-order valence-corrected chi connectivity index (χ4v) is 3.54. The van der Waals surface area contributed by atoms with Gasteiger partial charge in [-0.15, -0.1) is 0 Å². The Balaban J connectivity index is 4.45. The number of carbonyl (C=O) groups excluding carboxylic acids is 5. The summed E-state index contributed by atoms with van der Waals surface area (Å²) in [5.41, 5.74) is 5.02. The maximum atomic E-state index is 12.8. The van der Waals surface area contributed by atoms with Crippen LogP contribution in [0.2, 0.25) is 0 Å². The fourth-order valence-electron chi connectivity index (χ4n) is 3.54. The van der Waals surface area contributed by atoms with E-state index in [1.165, 1.54) is 6.92 Å². The van der Waals surface area contributed by atoms with Crippen molar-refractivity contribution < 1.29 is 24.0 Å². The average Bonchev–Trinajstić information content (AvgIpc) is 2.76. The summed E-state index contributed by atoms with van der Waals surface area (Å²) in [7, 11) is 0. The van der Waals surface area contributed by atoms with E-state index in [4.69, 9.17) is 5.73 Å². The Labute approximate surface area is 203 Å². The molecule has 0 saturated heterocycles. The van der Waals surface area contributed by atoms with Gasteiger partial charge in [-0.3, -0.25) is 19.2 Å². The molecule has 0 aromatic carbocycles. The topological polar surface area (TPSA) is 159 Å². The van der Waals surface area contributed by atoms with Gasteiger partial charge >= 0.3 is 6.03 Å². The predicted molar refractivity (Wildman–Crippen MR) is 132 cm³/mol. The zero-order valence-corrected chi connectivity index (χ0v) is 21.5. The molecule has 0 saturated carbocycles. The molecule has 0 aliphatic carbocycles. The largest absolute Gasteiger partial charge is 0.356 e. The van der Waals surface area contributed by atoms with Gasteiger partial charge in [0.1, 0.15) is 6.04 Å². The lowest BCUT2D eigenvalue weighted by molar-refractivity contribution is -0.132. The quantitative estimate of drug-likeness (QED) is 0.188. The van der Waals surface area contributed by atoms with Crippen LogP contribution in [0.3, 0.4) is 0 Å². The molecule has 0 rings (SSSR count). The van der Waals surface area contributed by atoms with Crippen molar-refractivity contribution in [3.63, 3.8) is 0 Å². The van der Waals surface area contributed by atoms with Crippen molar-refractivity contribution in [1.29, 1.82) is 0 Å². The summed E-state index contributed by atoms with van der Waals surface area (Å²) in [4.78, 5) is 59.8. The normalized spacial score (nSPS) is 12.7. The zero-order valence-electron chi connectivity index (χ0n) is 21.5. The van der Waals surface area contributed by atoms with E-state index in [0.717, 1.165) is 25.7 Å². The predicted octanol–water partition coefficient (Wildman–Crippen LogP) is 1.76. The molecule has 6 N–H and O–H groups in total. The van der Waals surface area contributed by atoms with Crippen LogP contribution in [0.15, 0.2) is 0 Å². The minimum Gasteiger partial charge on any atom is -0.356 e. The SMILES string of the molecule is CCC(CC)C(=O)NCCCCCC(=O)N[C@H](C(=O)N[C@@H](CCCNC(N)=O)C(C)=O)C(C)C. The summed E-state index contributed by atoms with van der Waals surface area (Å²) < 4.78 is 0. The molecule has 0 spiro atoms. The molecule has 196 valence electrons. The van der Waals surface area contributed by atoms with E-state index in [2.05, 4.69) is 21.3 Å². The minimum atomic E-state index is -0.752. The molecule has 10 heteroatoms. The first-order valence-electron chi connectivity index (χ1n) is 12.4. The van der Waals surface area contributed by atoms with E-state index in [0.29, 0.717) is 32.4 Å². The Morgan fingerprint density at radius 1 is 0.794 bits per heavy atom. The van der Waals surface area contributed by atoms with Crippen LogP contribution in [0, 0.1) is 11.8 Å². The van der Waals surface area contributed by atoms with E-state index in [9.17, 15) is 24.0 Å². The molecular weight excluding hydrogens is 438 g/mol. The summed E-state index contributed by atoms with van der Waals surface area (Å²) in [6.45, 7) is 9.95. The summed E-state index contributed by atoms with van der Waals surface area (Å²) in [6.07, 6.45) is 5.00. The highest BCUT2D eigenvalue weighted by atomic mass is 16.2. The molecule has 0 heterocycles. The van der Waals surface area contributed by atoms with E-state index in [-0.39, 0.29) is 35.9 Å². The smallest absolute Gasteiger partial charge is 0.312 e. The molecule has 0 bridgehead atoms. The first kappa shape index (κ1) is 31.4. The summed E-state index contributed by atoms with van der Waals surface area (Å²) in [6, 6.07) is -2.09. The number of primary amides is 1. The van der Waals surface area contributed by atoms with Gasteiger partial charge in [0.15, 0.2) is 5.78 Å². The zero-order chi connectivity index (χ0) is 26.1. The molecule has 0 aliphatic heterocycles. The van der Waals surface area contributed by atoms with Crippen molar-refractivity contribution in [2.24, 2.45) is 17.6 Å². The molecule has 0 fully saturated rings. The molecule has 10 nitrogen and oxygen atoms in total. The second kappa shape index (κ2) is 17.8. The first-order chi connectivity index (χ1) is 16.0. The summed E-state index contributed by atoms with van der Waals surface area (Å²) in [5, 5.41) is 10.9. The van der Waals surface area contributed by atoms with E-state index in [1.54, 1.807) is 0 Å². The lowest BCUT2D eigenvalue weighted by Gasteiger charge is -2.24. The molecule has 0 unspecified atom stereocenters. The Hall–Kier alpha value is -2.65. The van der Waals surface area contributed by atoms with Gasteiger partial charge in [-0.2, -0.15) is 0 Å². The third-order valence-corrected chi connectivity index (χ3v) is 5.78. The fraction of sp³-hybridized carbons (Fsp3) is 0.792. The van der Waals surface area contributed by atoms with Crippen LogP contribution < -0.4 is 27.0 Å². The standard InChI is InChI=1S/C24H45N5O5/c1-6-18(7-2)22(32)26-14-10-8-9-13-20(31)29-21(16(3)4)23(33)28-19(17(5)30)12-11-15-27-24(25)34/h16,18-19,21H,6-15H2,1-5H3,(H,26,32)(H,28,33)(H,29,31)(H3,25,27,34)/t19-,21-/m0/s1. The number of hydrogen-bond acceptors (Lipinski definition) is 5. The molecule has 34 heavy (non-hydrogen) atoms. The number of Topliss-reactive ketones (excluding diaryl/α,β-unsaturated/α-hetero) is 1. The Morgan fingerprint density at radius 2 is 1.41 bits per heavy atom. The first-order valence-corrected chi connectivity index (χ1v) is 12.4. The van der Waals surface area contributed by atoms with Gasteiger partial charge in [0.25, 0.3) is 0 Å². The van der Waals surface area contributed by atoms with Crippen LogP contribution in [-0.4, -0.2) is 54.7 Å². The van der Waals surface area contributed by atoms with Crippen LogP contribution in [0.25, 0.3) is 0 Å². The lowest BCUT2D eigenvalue weighted by atomic mass is 10.0. The molecule has 0 radical (unpaired) electrons. The number of urea groups is 1. The summed E-state index contributed by atoms with van der Waals surface area (Å²) in [5.74, 6) is -0.845. The number of nitrogens with one attached hydrogen (secondary N) is 4. The lowest BCUT2D eigenvalue weighted by Crippen LogP contribution is -2.53. The number of unbranched alkanes of at least 4 members (excludes halogenated alkanes) is 2. The van der Waals surface area contributed by atoms with Crippen molar-refractivity contribution in [3.8, 4) is 0 Å². The maximum Gasteiger partial charge on any atom is 0.312 e. The molecular formula is C24H45N5O5. The van der Waals surface area contributed by atoms with E-state index in [1.807, 2.05) is 27.7 Å². The minimum absolute atomic E-state index is 0.0549. The van der Waals surface area contributed by atoms with Gasteiger partial charge < -0.3 is 27.0 Å². The molecule has 2 atom stereocenters. The number of hydrogen-bond donors (Lipinski definition) is 5. The third kappa shape index (κ3) is 13.8. The Kier molecular flexibility index (Phi) is 16.4. The van der Waals surface area contributed by atoms with Crippen molar-refractivity contribution >= 4 is 29.5 Å². The van der Waals surface area contributed by atoms with Crippen molar-refractivity contribution in [2.75, 3.05) is 13.1 Å². The van der Waals surface area contributed by atoms with Crippen LogP contribution in [-0.2, 0) is 19.2 Å². The number of amides is 5. The van der Waals surface area contributed by atoms with Crippen LogP contribution in [0.4, 0.5) is 4.79 Å². The van der Waals surface area contributed by atoms with E-state index < -0.39 is 24.0 Å². The van der Waals surface area contributed by atoms with Gasteiger partial charge in [-0.25, -0.2) is 4.79 Å². The highest BCUT2D eigenvalue weighted by Crippen LogP contribution is 2.08.